The normalized spacial score (nSPS) is 16.8. The number of nitrogens with one attached hydrogen (secondary N) is 1. The fourth-order valence-electron chi connectivity index (χ4n) is 4.59. The van der Waals surface area contributed by atoms with E-state index >= 15 is 0 Å². The van der Waals surface area contributed by atoms with Crippen molar-refractivity contribution in [1.82, 2.24) is 4.98 Å². The first-order chi connectivity index (χ1) is 18.7. The Kier molecular flexibility index (Phi) is 8.05. The highest BCUT2D eigenvalue weighted by Crippen LogP contribution is 2.41. The first-order valence-electron chi connectivity index (χ1n) is 11.8. The number of hydrogen-bond acceptors (Lipinski definition) is 11. The third-order valence-electron chi connectivity index (χ3n) is 6.36. The number of allylic oxidation sites excluding steroid dienone is 1. The minimum atomic E-state index is -0.805. The molecule has 0 saturated carbocycles. The lowest BCUT2D eigenvalue weighted by atomic mass is 9.75. The summed E-state index contributed by atoms with van der Waals surface area (Å²) in [5.41, 5.74) is 3.62. The Balaban J connectivity index is 1.67. The van der Waals surface area contributed by atoms with Crippen LogP contribution in [0.25, 0.3) is 11.3 Å². The molecule has 12 heteroatoms. The number of nitro groups is 1. The van der Waals surface area contributed by atoms with Crippen LogP contribution in [0.15, 0.2) is 64.1 Å². The van der Waals surface area contributed by atoms with Gasteiger partial charge in [0.2, 0.25) is 0 Å². The van der Waals surface area contributed by atoms with Crippen molar-refractivity contribution in [3.8, 4) is 17.0 Å². The van der Waals surface area contributed by atoms with E-state index in [1.165, 1.54) is 44.8 Å². The average molecular weight is 551 g/mol. The maximum absolute atomic E-state index is 12.8. The molecule has 39 heavy (non-hydrogen) atoms. The van der Waals surface area contributed by atoms with Gasteiger partial charge in [0.25, 0.3) is 0 Å². The zero-order valence-corrected chi connectivity index (χ0v) is 22.7. The van der Waals surface area contributed by atoms with Gasteiger partial charge in [0, 0.05) is 40.0 Å². The number of benzene rings is 2. The molecule has 2 heterocycles. The van der Waals surface area contributed by atoms with Crippen LogP contribution in [-0.2, 0) is 19.1 Å². The highest BCUT2D eigenvalue weighted by Gasteiger charge is 2.42. The molecule has 0 fully saturated rings. The van der Waals surface area contributed by atoms with E-state index in [1.807, 2.05) is 18.2 Å². The van der Waals surface area contributed by atoms with Gasteiger partial charge in [0.05, 0.1) is 37.5 Å². The fraction of sp³-hybridized carbons (Fsp3) is 0.259. The zero-order valence-electron chi connectivity index (χ0n) is 21.9. The van der Waals surface area contributed by atoms with E-state index in [4.69, 9.17) is 14.2 Å². The van der Waals surface area contributed by atoms with Crippen molar-refractivity contribution >= 4 is 45.5 Å². The predicted octanol–water partition coefficient (Wildman–Crippen LogP) is 5.26. The third kappa shape index (κ3) is 5.50. The van der Waals surface area contributed by atoms with Crippen LogP contribution in [-0.4, -0.2) is 48.9 Å². The average Bonchev–Trinajstić information content (AvgIpc) is 3.39. The second-order valence-electron chi connectivity index (χ2n) is 8.65. The summed E-state index contributed by atoms with van der Waals surface area (Å²) in [4.78, 5) is 45.5. The van der Waals surface area contributed by atoms with Gasteiger partial charge >= 0.3 is 17.6 Å². The van der Waals surface area contributed by atoms with Crippen LogP contribution < -0.4 is 10.1 Å². The van der Waals surface area contributed by atoms with Gasteiger partial charge in [0.15, 0.2) is 10.9 Å². The van der Waals surface area contributed by atoms with Gasteiger partial charge in [0.1, 0.15) is 5.92 Å². The number of rotatable bonds is 8. The molecule has 1 N–H and O–H groups in total. The van der Waals surface area contributed by atoms with Crippen molar-refractivity contribution in [2.75, 3.05) is 26.6 Å². The number of nitrogens with zero attached hydrogens (tertiary/aromatic N) is 3. The Labute approximate surface area is 228 Å². The number of anilines is 2. The van der Waals surface area contributed by atoms with Crippen LogP contribution in [0.4, 0.5) is 16.5 Å². The third-order valence-corrected chi connectivity index (χ3v) is 7.12. The molecule has 3 aromatic rings. The number of esters is 2. The Bertz CT molecular complexity index is 1510. The standard InChI is InChI=1S/C27H26N4O7S/c1-14-22(25(32)37-4)24(23(15(2)28-14)26(33)38-5)17-7-6-8-18(11-17)29-27-30-19(13-39-27)16-9-10-21(36-3)20(12-16)31(34)35/h6-13,22,24H,1-5H3,(H,29,30). The quantitative estimate of drug-likeness (QED) is 0.226. The van der Waals surface area contributed by atoms with E-state index in [9.17, 15) is 19.7 Å². The van der Waals surface area contributed by atoms with Gasteiger partial charge in [-0.3, -0.25) is 19.9 Å². The van der Waals surface area contributed by atoms with Crippen LogP contribution in [0.1, 0.15) is 25.3 Å². The molecule has 4 rings (SSSR count). The summed E-state index contributed by atoms with van der Waals surface area (Å²) in [7, 11) is 3.96. The van der Waals surface area contributed by atoms with Crippen LogP contribution in [0.3, 0.4) is 0 Å². The van der Waals surface area contributed by atoms with Gasteiger partial charge in [-0.25, -0.2) is 9.78 Å². The summed E-state index contributed by atoms with van der Waals surface area (Å²) in [5, 5.41) is 17.0. The first kappa shape index (κ1) is 27.5. The van der Waals surface area contributed by atoms with E-state index in [-0.39, 0.29) is 17.0 Å². The molecular weight excluding hydrogens is 524 g/mol. The molecule has 1 aliphatic rings. The minimum Gasteiger partial charge on any atom is -0.490 e. The van der Waals surface area contributed by atoms with Crippen molar-refractivity contribution < 1.29 is 28.7 Å². The molecule has 202 valence electrons. The van der Waals surface area contributed by atoms with Crippen molar-refractivity contribution in [2.45, 2.75) is 19.8 Å². The molecule has 2 unspecified atom stereocenters. The minimum absolute atomic E-state index is 0.151. The molecule has 1 aliphatic heterocycles. The van der Waals surface area contributed by atoms with Gasteiger partial charge in [-0.15, -0.1) is 11.3 Å². The number of hydrogen-bond donors (Lipinski definition) is 1. The number of ether oxygens (including phenoxy) is 3. The van der Waals surface area contributed by atoms with Crippen LogP contribution in [0.5, 0.6) is 5.75 Å². The molecule has 0 radical (unpaired) electrons. The fourth-order valence-corrected chi connectivity index (χ4v) is 5.33. The van der Waals surface area contributed by atoms with Crippen LogP contribution >= 0.6 is 11.3 Å². The monoisotopic (exact) mass is 550 g/mol. The second-order valence-corrected chi connectivity index (χ2v) is 9.51. The first-order valence-corrected chi connectivity index (χ1v) is 12.6. The number of carbonyl (C=O) groups excluding carboxylic acids is 2. The molecule has 2 aromatic carbocycles. The van der Waals surface area contributed by atoms with E-state index in [0.29, 0.717) is 39.0 Å². The van der Waals surface area contributed by atoms with Crippen molar-refractivity contribution in [1.29, 1.82) is 0 Å². The predicted molar refractivity (Wildman–Crippen MR) is 147 cm³/mol. The summed E-state index contributed by atoms with van der Waals surface area (Å²) in [6, 6.07) is 11.9. The highest BCUT2D eigenvalue weighted by molar-refractivity contribution is 7.14. The lowest BCUT2D eigenvalue weighted by Crippen LogP contribution is -2.36. The van der Waals surface area contributed by atoms with E-state index in [2.05, 4.69) is 15.3 Å². The molecule has 2 atom stereocenters. The number of nitro benzene ring substituents is 1. The molecule has 0 saturated heterocycles. The second kappa shape index (κ2) is 11.4. The van der Waals surface area contributed by atoms with E-state index < -0.39 is 28.7 Å². The molecular formula is C27H26N4O7S. The van der Waals surface area contributed by atoms with Crippen LogP contribution in [0.2, 0.25) is 0 Å². The zero-order chi connectivity index (χ0) is 28.3. The number of thiazole rings is 1. The van der Waals surface area contributed by atoms with Gasteiger partial charge < -0.3 is 19.5 Å². The topological polar surface area (TPSA) is 142 Å². The van der Waals surface area contributed by atoms with E-state index in [1.54, 1.807) is 31.4 Å². The summed E-state index contributed by atoms with van der Waals surface area (Å²) >= 11 is 1.32. The van der Waals surface area contributed by atoms with Gasteiger partial charge in [-0.05, 0) is 43.7 Å². The number of aliphatic imine (C=N–C) groups is 1. The largest absolute Gasteiger partial charge is 0.490 e. The van der Waals surface area contributed by atoms with Crippen molar-refractivity contribution in [3.63, 3.8) is 0 Å². The maximum atomic E-state index is 12.8. The highest BCUT2D eigenvalue weighted by atomic mass is 32.1. The summed E-state index contributed by atoms with van der Waals surface area (Å²) in [5.74, 6) is -2.39. The Morgan fingerprint density at radius 3 is 2.51 bits per heavy atom. The molecule has 11 nitrogen and oxygen atoms in total. The Hall–Kier alpha value is -4.58. The summed E-state index contributed by atoms with van der Waals surface area (Å²) in [6.45, 7) is 3.44. The maximum Gasteiger partial charge on any atom is 0.336 e. The van der Waals surface area contributed by atoms with Gasteiger partial charge in [-0.1, -0.05) is 12.1 Å². The molecule has 1 aromatic heterocycles. The SMILES string of the molecule is COC(=O)C1=C(C)N=C(C)C(C(=O)OC)C1c1cccc(Nc2nc(-c3ccc(OC)c([N+](=O)[O-])c3)cs2)c1. The van der Waals surface area contributed by atoms with Crippen molar-refractivity contribution in [2.24, 2.45) is 10.9 Å². The molecule has 0 amide bonds. The lowest BCUT2D eigenvalue weighted by molar-refractivity contribution is -0.385. The van der Waals surface area contributed by atoms with Crippen LogP contribution in [0, 0.1) is 16.0 Å². The Morgan fingerprint density at radius 2 is 1.85 bits per heavy atom. The van der Waals surface area contributed by atoms with Gasteiger partial charge in [-0.2, -0.15) is 0 Å². The number of methoxy groups -OCH3 is 3. The number of aromatic nitrogens is 1. The summed E-state index contributed by atoms with van der Waals surface area (Å²) in [6.07, 6.45) is 0. The smallest absolute Gasteiger partial charge is 0.336 e. The van der Waals surface area contributed by atoms with Crippen molar-refractivity contribution in [3.05, 3.63) is 74.8 Å². The van der Waals surface area contributed by atoms with E-state index in [0.717, 1.165) is 0 Å². The molecule has 0 aliphatic carbocycles. The molecule has 0 spiro atoms. The number of carbonyl (C=O) groups is 2. The lowest BCUT2D eigenvalue weighted by Gasteiger charge is -2.31. The molecule has 0 bridgehead atoms. The summed E-state index contributed by atoms with van der Waals surface area (Å²) < 4.78 is 15.1. The Morgan fingerprint density at radius 1 is 1.08 bits per heavy atom.